The minimum Gasteiger partial charge on any atom is -0.493 e. The number of fused-ring (bicyclic) bond motifs is 1. The Hall–Kier alpha value is -4.63. The summed E-state index contributed by atoms with van der Waals surface area (Å²) < 4.78 is 37.9. The SMILES string of the molecule is COc1ccc(/C=C2\CCCC3=C2N=c2s/c(=C\c4ccc(F)cc4)c(=O)n2C3c2ccc(OC)c(OC)c2)cc1OC. The van der Waals surface area contributed by atoms with Crippen LogP contribution >= 0.6 is 11.3 Å². The molecule has 1 unspecified atom stereocenters. The van der Waals surface area contributed by atoms with Crippen LogP contribution in [0.4, 0.5) is 4.39 Å². The third-order valence-electron chi connectivity index (χ3n) is 7.77. The van der Waals surface area contributed by atoms with Crippen LogP contribution in [0.3, 0.4) is 0 Å². The molecule has 2 aliphatic rings. The van der Waals surface area contributed by atoms with Crippen LogP contribution in [-0.2, 0) is 0 Å². The van der Waals surface area contributed by atoms with Gasteiger partial charge in [0.05, 0.1) is 44.7 Å². The number of methoxy groups -OCH3 is 4. The van der Waals surface area contributed by atoms with E-state index in [2.05, 4.69) is 6.08 Å². The summed E-state index contributed by atoms with van der Waals surface area (Å²) in [4.78, 5) is 19.7. The van der Waals surface area contributed by atoms with Crippen LogP contribution in [0, 0.1) is 5.82 Å². The van der Waals surface area contributed by atoms with Gasteiger partial charge in [0.2, 0.25) is 0 Å². The number of aromatic nitrogens is 1. The first-order valence-corrected chi connectivity index (χ1v) is 14.7. The van der Waals surface area contributed by atoms with E-state index in [9.17, 15) is 9.18 Å². The average molecular weight is 599 g/mol. The van der Waals surface area contributed by atoms with Crippen molar-refractivity contribution in [3.05, 3.63) is 120 Å². The average Bonchev–Trinajstić information content (AvgIpc) is 3.34. The first-order valence-electron chi connectivity index (χ1n) is 13.9. The van der Waals surface area contributed by atoms with Crippen LogP contribution < -0.4 is 33.8 Å². The van der Waals surface area contributed by atoms with Gasteiger partial charge < -0.3 is 18.9 Å². The molecule has 0 N–H and O–H groups in total. The molecule has 0 bridgehead atoms. The fourth-order valence-corrected chi connectivity index (χ4v) is 6.73. The van der Waals surface area contributed by atoms with Crippen LogP contribution in [0.25, 0.3) is 12.2 Å². The molecule has 2 heterocycles. The van der Waals surface area contributed by atoms with Gasteiger partial charge in [0.15, 0.2) is 27.8 Å². The minimum absolute atomic E-state index is 0.143. The normalized spacial score (nSPS) is 17.3. The Morgan fingerprint density at radius 1 is 0.814 bits per heavy atom. The maximum atomic E-state index is 14.0. The number of ether oxygens (including phenoxy) is 4. The summed E-state index contributed by atoms with van der Waals surface area (Å²) in [6, 6.07) is 17.3. The van der Waals surface area contributed by atoms with Gasteiger partial charge in [-0.2, -0.15) is 0 Å². The Labute approximate surface area is 252 Å². The molecule has 1 aliphatic heterocycles. The van der Waals surface area contributed by atoms with E-state index in [4.69, 9.17) is 23.9 Å². The van der Waals surface area contributed by atoms with Gasteiger partial charge >= 0.3 is 0 Å². The van der Waals surface area contributed by atoms with Crippen LogP contribution in [0.5, 0.6) is 23.0 Å². The Kier molecular flexibility index (Phi) is 7.90. The Morgan fingerprint density at radius 2 is 1.47 bits per heavy atom. The fourth-order valence-electron chi connectivity index (χ4n) is 5.73. The van der Waals surface area contributed by atoms with Crippen LogP contribution in [-0.4, -0.2) is 33.0 Å². The lowest BCUT2D eigenvalue weighted by molar-refractivity contribution is 0.354. The van der Waals surface area contributed by atoms with Gasteiger partial charge in [-0.1, -0.05) is 35.6 Å². The Bertz CT molecular complexity index is 1940. The largest absolute Gasteiger partial charge is 0.493 e. The van der Waals surface area contributed by atoms with E-state index in [1.165, 1.54) is 23.5 Å². The van der Waals surface area contributed by atoms with Crippen molar-refractivity contribution in [3.63, 3.8) is 0 Å². The molecule has 1 aromatic heterocycles. The summed E-state index contributed by atoms with van der Waals surface area (Å²) in [5, 5.41) is 0. The highest BCUT2D eigenvalue weighted by Crippen LogP contribution is 2.43. The Morgan fingerprint density at radius 3 is 2.16 bits per heavy atom. The number of hydrogen-bond acceptors (Lipinski definition) is 7. The maximum absolute atomic E-state index is 14.0. The van der Waals surface area contributed by atoms with Crippen molar-refractivity contribution in [3.8, 4) is 23.0 Å². The molecule has 0 spiro atoms. The molecule has 0 saturated heterocycles. The summed E-state index contributed by atoms with van der Waals surface area (Å²) in [6.45, 7) is 0. The second-order valence-corrected chi connectivity index (χ2v) is 11.3. The van der Waals surface area contributed by atoms with Gasteiger partial charge in [0.25, 0.3) is 5.56 Å². The van der Waals surface area contributed by atoms with Gasteiger partial charge in [0, 0.05) is 0 Å². The second kappa shape index (κ2) is 11.9. The number of hydrogen-bond donors (Lipinski definition) is 0. The molecule has 9 heteroatoms. The molecular weight excluding hydrogens is 567 g/mol. The van der Waals surface area contributed by atoms with Gasteiger partial charge in [-0.15, -0.1) is 0 Å². The standard InChI is InChI=1S/C34H31FN2O5S/c1-39-26-14-10-21(17-28(26)41-3)16-22-6-5-7-25-31(22)36-34-37(32(25)23-11-15-27(40-2)29(19-23)42-4)33(38)30(43-34)18-20-8-12-24(35)13-9-20/h8-19,32H,5-7H2,1-4H3/b22-16+,30-18-. The van der Waals surface area contributed by atoms with E-state index in [0.29, 0.717) is 32.3 Å². The zero-order valence-corrected chi connectivity index (χ0v) is 25.2. The molecule has 0 fully saturated rings. The number of allylic oxidation sites excluding steroid dienone is 2. The van der Waals surface area contributed by atoms with Gasteiger partial charge in [-0.3, -0.25) is 9.36 Å². The van der Waals surface area contributed by atoms with Crippen molar-refractivity contribution >= 4 is 23.5 Å². The highest BCUT2D eigenvalue weighted by atomic mass is 32.1. The first kappa shape index (κ1) is 28.5. The van der Waals surface area contributed by atoms with E-state index in [0.717, 1.165) is 52.8 Å². The smallest absolute Gasteiger partial charge is 0.271 e. The molecule has 1 atom stereocenters. The van der Waals surface area contributed by atoms with Crippen LogP contribution in [0.1, 0.15) is 42.0 Å². The molecule has 0 amide bonds. The first-order chi connectivity index (χ1) is 20.9. The summed E-state index contributed by atoms with van der Waals surface area (Å²) in [5.74, 6) is 2.19. The van der Waals surface area contributed by atoms with Gasteiger partial charge in [-0.25, -0.2) is 9.38 Å². The lowest BCUT2D eigenvalue weighted by atomic mass is 9.83. The molecular formula is C34H31FN2O5S. The van der Waals surface area contributed by atoms with Crippen molar-refractivity contribution in [2.24, 2.45) is 4.99 Å². The molecule has 43 heavy (non-hydrogen) atoms. The van der Waals surface area contributed by atoms with Crippen molar-refractivity contribution in [1.82, 2.24) is 4.57 Å². The van der Waals surface area contributed by atoms with Crippen molar-refractivity contribution in [2.45, 2.75) is 25.3 Å². The number of halogens is 1. The maximum Gasteiger partial charge on any atom is 0.271 e. The fraction of sp³-hybridized carbons (Fsp3) is 0.235. The van der Waals surface area contributed by atoms with E-state index in [-0.39, 0.29) is 17.4 Å². The Balaban J connectivity index is 1.57. The van der Waals surface area contributed by atoms with Gasteiger partial charge in [-0.05, 0) is 95.6 Å². The molecule has 0 radical (unpaired) electrons. The van der Waals surface area contributed by atoms with Crippen LogP contribution in [0.15, 0.2) is 87.3 Å². The van der Waals surface area contributed by atoms with E-state index >= 15 is 0 Å². The third kappa shape index (κ3) is 5.36. The van der Waals surface area contributed by atoms with E-state index in [1.54, 1.807) is 51.2 Å². The zero-order chi connectivity index (χ0) is 30.1. The topological polar surface area (TPSA) is 71.3 Å². The summed E-state index contributed by atoms with van der Waals surface area (Å²) >= 11 is 1.33. The lowest BCUT2D eigenvalue weighted by Crippen LogP contribution is -2.39. The predicted molar refractivity (Wildman–Crippen MR) is 165 cm³/mol. The van der Waals surface area contributed by atoms with Crippen molar-refractivity contribution in [2.75, 3.05) is 28.4 Å². The van der Waals surface area contributed by atoms with Crippen molar-refractivity contribution in [1.29, 1.82) is 0 Å². The van der Waals surface area contributed by atoms with E-state index in [1.807, 2.05) is 36.4 Å². The van der Waals surface area contributed by atoms with E-state index < -0.39 is 0 Å². The van der Waals surface area contributed by atoms with Crippen LogP contribution in [0.2, 0.25) is 0 Å². The predicted octanol–water partition coefficient (Wildman–Crippen LogP) is 5.66. The highest BCUT2D eigenvalue weighted by molar-refractivity contribution is 7.07. The zero-order valence-electron chi connectivity index (χ0n) is 24.3. The number of rotatable bonds is 7. The summed E-state index contributed by atoms with van der Waals surface area (Å²) in [5.41, 5.74) is 5.54. The molecule has 0 saturated carbocycles. The molecule has 3 aromatic carbocycles. The second-order valence-electron chi connectivity index (χ2n) is 10.3. The highest BCUT2D eigenvalue weighted by Gasteiger charge is 2.33. The minimum atomic E-state index is -0.379. The molecule has 7 nitrogen and oxygen atoms in total. The third-order valence-corrected chi connectivity index (χ3v) is 8.76. The summed E-state index contributed by atoms with van der Waals surface area (Å²) in [6.07, 6.45) is 6.48. The monoisotopic (exact) mass is 598 g/mol. The molecule has 6 rings (SSSR count). The number of nitrogens with zero attached hydrogens (tertiary/aromatic N) is 2. The molecule has 1 aliphatic carbocycles. The molecule has 4 aromatic rings. The van der Waals surface area contributed by atoms with Crippen molar-refractivity contribution < 1.29 is 23.3 Å². The summed E-state index contributed by atoms with van der Waals surface area (Å²) in [7, 11) is 6.44. The number of thiazole rings is 1. The lowest BCUT2D eigenvalue weighted by Gasteiger charge is -2.31. The number of benzene rings is 3. The molecule has 220 valence electrons. The van der Waals surface area contributed by atoms with Gasteiger partial charge in [0.1, 0.15) is 5.82 Å². The quantitative estimate of drug-likeness (QED) is 0.275.